The van der Waals surface area contributed by atoms with Gasteiger partial charge in [0.1, 0.15) is 0 Å². The average Bonchev–Trinajstić information content (AvgIpc) is 2.85. The summed E-state index contributed by atoms with van der Waals surface area (Å²) in [6, 6.07) is 5.15. The van der Waals surface area contributed by atoms with Crippen molar-refractivity contribution in [3.05, 3.63) is 27.1 Å². The first-order valence-electron chi connectivity index (χ1n) is 6.44. The van der Waals surface area contributed by atoms with E-state index in [4.69, 9.17) is 0 Å². The van der Waals surface area contributed by atoms with E-state index in [0.717, 1.165) is 10.9 Å². The zero-order valence-electron chi connectivity index (χ0n) is 10.5. The van der Waals surface area contributed by atoms with E-state index in [9.17, 15) is 8.42 Å². The Labute approximate surface area is 131 Å². The predicted octanol–water partition coefficient (Wildman–Crippen LogP) is 4.07. The molecule has 1 aliphatic rings. The van der Waals surface area contributed by atoms with E-state index < -0.39 is 10.0 Å². The minimum atomic E-state index is -3.43. The zero-order chi connectivity index (χ0) is 13.9. The molecule has 1 saturated carbocycles. The highest BCUT2D eigenvalue weighted by atomic mass is 79.9. The van der Waals surface area contributed by atoms with E-state index >= 15 is 0 Å². The van der Waals surface area contributed by atoms with Crippen molar-refractivity contribution in [1.82, 2.24) is 4.72 Å². The smallest absolute Gasteiger partial charge is 0.211 e. The van der Waals surface area contributed by atoms with Gasteiger partial charge in [-0.2, -0.15) is 0 Å². The Morgan fingerprint density at radius 1 is 1.21 bits per heavy atom. The van der Waals surface area contributed by atoms with E-state index in [1.54, 1.807) is 12.1 Å². The zero-order valence-corrected chi connectivity index (χ0v) is 14.5. The van der Waals surface area contributed by atoms with Crippen molar-refractivity contribution >= 4 is 41.9 Å². The van der Waals surface area contributed by atoms with Crippen molar-refractivity contribution in [3.63, 3.8) is 0 Å². The van der Waals surface area contributed by atoms with Gasteiger partial charge in [0.2, 0.25) is 10.0 Å². The quantitative estimate of drug-likeness (QED) is 0.795. The van der Waals surface area contributed by atoms with Crippen molar-refractivity contribution in [2.75, 3.05) is 6.54 Å². The van der Waals surface area contributed by atoms with Crippen LogP contribution in [-0.2, 0) is 10.0 Å². The van der Waals surface area contributed by atoms with Gasteiger partial charge in [0.15, 0.2) is 0 Å². The molecule has 0 saturated heterocycles. The van der Waals surface area contributed by atoms with Gasteiger partial charge in [-0.15, -0.1) is 0 Å². The minimum Gasteiger partial charge on any atom is -0.211 e. The molecular formula is C13H17Br2NO2S. The van der Waals surface area contributed by atoms with Crippen LogP contribution < -0.4 is 4.72 Å². The Hall–Kier alpha value is 0.0900. The van der Waals surface area contributed by atoms with Crippen LogP contribution in [0, 0.1) is 5.92 Å². The fourth-order valence-corrected chi connectivity index (χ4v) is 5.00. The van der Waals surface area contributed by atoms with Gasteiger partial charge in [0.25, 0.3) is 0 Å². The van der Waals surface area contributed by atoms with Crippen molar-refractivity contribution < 1.29 is 8.42 Å². The molecule has 0 spiro atoms. The van der Waals surface area contributed by atoms with Gasteiger partial charge in [-0.05, 0) is 46.5 Å². The molecule has 1 aromatic carbocycles. The second kappa shape index (κ2) is 6.70. The summed E-state index contributed by atoms with van der Waals surface area (Å²) < 4.78 is 28.5. The van der Waals surface area contributed by atoms with Crippen LogP contribution in [0.5, 0.6) is 0 Å². The van der Waals surface area contributed by atoms with E-state index in [-0.39, 0.29) is 4.90 Å². The third-order valence-corrected chi connectivity index (χ3v) is 6.45. The highest BCUT2D eigenvalue weighted by Crippen LogP contribution is 2.28. The molecule has 2 rings (SSSR count). The Morgan fingerprint density at radius 3 is 2.58 bits per heavy atom. The van der Waals surface area contributed by atoms with Crippen molar-refractivity contribution in [2.24, 2.45) is 5.92 Å². The molecule has 0 radical (unpaired) electrons. The number of hydrogen-bond donors (Lipinski definition) is 1. The molecular weight excluding hydrogens is 394 g/mol. The molecule has 3 nitrogen and oxygen atoms in total. The number of sulfonamides is 1. The average molecular weight is 411 g/mol. The number of nitrogens with one attached hydrogen (secondary N) is 1. The van der Waals surface area contributed by atoms with Gasteiger partial charge in [-0.3, -0.25) is 0 Å². The Bertz CT molecular complexity index is 540. The molecule has 0 heterocycles. The van der Waals surface area contributed by atoms with Crippen molar-refractivity contribution in [1.29, 1.82) is 0 Å². The minimum absolute atomic E-state index is 0.285. The molecule has 0 atom stereocenters. The van der Waals surface area contributed by atoms with E-state index in [2.05, 4.69) is 36.6 Å². The molecule has 1 fully saturated rings. The number of benzene rings is 1. The lowest BCUT2D eigenvalue weighted by Gasteiger charge is -2.11. The van der Waals surface area contributed by atoms with Crippen LogP contribution in [-0.4, -0.2) is 15.0 Å². The highest BCUT2D eigenvalue weighted by molar-refractivity contribution is 9.11. The van der Waals surface area contributed by atoms with Crippen LogP contribution in [0.2, 0.25) is 0 Å². The van der Waals surface area contributed by atoms with E-state index in [0.29, 0.717) is 16.9 Å². The van der Waals surface area contributed by atoms with Crippen LogP contribution in [0.1, 0.15) is 32.1 Å². The summed E-state index contributed by atoms with van der Waals surface area (Å²) in [6.07, 6.45) is 5.98. The summed E-state index contributed by atoms with van der Waals surface area (Å²) in [5, 5.41) is 0. The number of halogens is 2. The molecule has 19 heavy (non-hydrogen) atoms. The summed E-state index contributed by atoms with van der Waals surface area (Å²) in [5.41, 5.74) is 0. The topological polar surface area (TPSA) is 46.2 Å². The molecule has 106 valence electrons. The molecule has 1 N–H and O–H groups in total. The monoisotopic (exact) mass is 409 g/mol. The van der Waals surface area contributed by atoms with Gasteiger partial charge < -0.3 is 0 Å². The maximum absolute atomic E-state index is 12.2. The van der Waals surface area contributed by atoms with Gasteiger partial charge in [0.05, 0.1) is 4.90 Å². The molecule has 0 bridgehead atoms. The summed E-state index contributed by atoms with van der Waals surface area (Å²) in [4.78, 5) is 0.285. The SMILES string of the molecule is O=S(=O)(NCCC1CCCC1)c1cc(Br)ccc1Br. The van der Waals surface area contributed by atoms with E-state index in [1.165, 1.54) is 25.7 Å². The Morgan fingerprint density at radius 2 is 1.89 bits per heavy atom. The standard InChI is InChI=1S/C13H17Br2NO2S/c14-11-5-6-12(15)13(9-11)19(17,18)16-8-7-10-3-1-2-4-10/h5-6,9-10,16H,1-4,7-8H2. The fraction of sp³-hybridized carbons (Fsp3) is 0.538. The summed E-state index contributed by atoms with van der Waals surface area (Å²) >= 11 is 6.58. The Kier molecular flexibility index (Phi) is 5.45. The molecule has 1 aliphatic carbocycles. The van der Waals surface area contributed by atoms with Crippen LogP contribution in [0.4, 0.5) is 0 Å². The summed E-state index contributed by atoms with van der Waals surface area (Å²) in [6.45, 7) is 0.520. The lowest BCUT2D eigenvalue weighted by Crippen LogP contribution is -2.26. The lowest BCUT2D eigenvalue weighted by atomic mass is 10.1. The fourth-order valence-electron chi connectivity index (χ4n) is 2.46. The second-order valence-corrected chi connectivity index (χ2v) is 8.42. The molecule has 0 amide bonds. The number of rotatable bonds is 5. The molecule has 1 aromatic rings. The van der Waals surface area contributed by atoms with Gasteiger partial charge in [0, 0.05) is 15.5 Å². The van der Waals surface area contributed by atoms with Gasteiger partial charge in [-0.1, -0.05) is 41.6 Å². The first-order valence-corrected chi connectivity index (χ1v) is 9.51. The lowest BCUT2D eigenvalue weighted by molar-refractivity contribution is 0.495. The summed E-state index contributed by atoms with van der Waals surface area (Å²) in [5.74, 6) is 0.689. The molecule has 6 heteroatoms. The normalized spacial score (nSPS) is 16.9. The molecule has 0 aromatic heterocycles. The van der Waals surface area contributed by atoms with E-state index in [1.807, 2.05) is 6.07 Å². The first kappa shape index (κ1) is 15.5. The van der Waals surface area contributed by atoms with Crippen LogP contribution in [0.3, 0.4) is 0 Å². The molecule has 0 unspecified atom stereocenters. The highest BCUT2D eigenvalue weighted by Gasteiger charge is 2.19. The van der Waals surface area contributed by atoms with Gasteiger partial charge in [-0.25, -0.2) is 13.1 Å². The third-order valence-electron chi connectivity index (χ3n) is 3.50. The van der Waals surface area contributed by atoms with Gasteiger partial charge >= 0.3 is 0 Å². The van der Waals surface area contributed by atoms with Crippen LogP contribution in [0.15, 0.2) is 32.0 Å². The summed E-state index contributed by atoms with van der Waals surface area (Å²) in [7, 11) is -3.43. The van der Waals surface area contributed by atoms with Crippen LogP contribution >= 0.6 is 31.9 Å². The number of hydrogen-bond acceptors (Lipinski definition) is 2. The first-order chi connectivity index (χ1) is 8.99. The van der Waals surface area contributed by atoms with Crippen molar-refractivity contribution in [2.45, 2.75) is 37.0 Å². The maximum Gasteiger partial charge on any atom is 0.241 e. The predicted molar refractivity (Wildman–Crippen MR) is 83.6 cm³/mol. The van der Waals surface area contributed by atoms with Crippen LogP contribution in [0.25, 0.3) is 0 Å². The third kappa shape index (κ3) is 4.28. The van der Waals surface area contributed by atoms with Crippen molar-refractivity contribution in [3.8, 4) is 0 Å². The molecule has 0 aliphatic heterocycles. The largest absolute Gasteiger partial charge is 0.241 e. The second-order valence-electron chi connectivity index (χ2n) is 4.91. The Balaban J connectivity index is 1.99. The maximum atomic E-state index is 12.2.